The highest BCUT2D eigenvalue weighted by molar-refractivity contribution is 7.16. The molecule has 1 N–H and O–H groups in total. The summed E-state index contributed by atoms with van der Waals surface area (Å²) in [6, 6.07) is 18.3. The van der Waals surface area contributed by atoms with Crippen LogP contribution >= 0.6 is 11.3 Å². The van der Waals surface area contributed by atoms with Gasteiger partial charge in [-0.2, -0.15) is 0 Å². The van der Waals surface area contributed by atoms with Crippen LogP contribution in [0.2, 0.25) is 0 Å². The van der Waals surface area contributed by atoms with E-state index in [1.807, 2.05) is 44.2 Å². The van der Waals surface area contributed by atoms with E-state index in [1.165, 1.54) is 24.0 Å². The Morgan fingerprint density at radius 1 is 1.00 bits per heavy atom. The number of nitrogens with one attached hydrogen (secondary N) is 1. The molecule has 0 saturated carbocycles. The van der Waals surface area contributed by atoms with Gasteiger partial charge in [0.05, 0.1) is 23.7 Å². The standard InChI is InChI=1S/C29H31N5O2S/c1-20-21(2)37-28(25(20)29(35)36-3)32-26-27(31-24-14-8-7-13-23(24)30-26)34-18-16-33(17-19-34)15-9-12-22-10-5-4-6-11-22/h4-14H,15-19H2,1-3H3,(H,30,32)/b12-9+. The van der Waals surface area contributed by atoms with E-state index in [4.69, 9.17) is 14.7 Å². The largest absolute Gasteiger partial charge is 0.465 e. The quantitative estimate of drug-likeness (QED) is 0.319. The Morgan fingerprint density at radius 3 is 2.38 bits per heavy atom. The van der Waals surface area contributed by atoms with Gasteiger partial charge in [0.25, 0.3) is 0 Å². The van der Waals surface area contributed by atoms with E-state index in [0.717, 1.165) is 65.0 Å². The van der Waals surface area contributed by atoms with Crippen molar-refractivity contribution in [1.29, 1.82) is 0 Å². The second kappa shape index (κ2) is 11.1. The summed E-state index contributed by atoms with van der Waals surface area (Å²) in [7, 11) is 1.41. The molecule has 0 radical (unpaired) electrons. The lowest BCUT2D eigenvalue weighted by Gasteiger charge is -2.35. The van der Waals surface area contributed by atoms with Gasteiger partial charge in [0, 0.05) is 37.6 Å². The minimum absolute atomic E-state index is 0.350. The summed E-state index contributed by atoms with van der Waals surface area (Å²) >= 11 is 1.53. The van der Waals surface area contributed by atoms with Crippen LogP contribution in [0.5, 0.6) is 0 Å². The molecule has 0 bridgehead atoms. The Morgan fingerprint density at radius 2 is 1.68 bits per heavy atom. The lowest BCUT2D eigenvalue weighted by molar-refractivity contribution is 0.0601. The highest BCUT2D eigenvalue weighted by Crippen LogP contribution is 2.37. The number of thiophene rings is 1. The molecule has 37 heavy (non-hydrogen) atoms. The molecule has 5 rings (SSSR count). The van der Waals surface area contributed by atoms with Crippen LogP contribution in [0.3, 0.4) is 0 Å². The maximum Gasteiger partial charge on any atom is 0.341 e. The molecule has 0 atom stereocenters. The fraction of sp³-hybridized carbons (Fsp3) is 0.276. The molecule has 8 heteroatoms. The third kappa shape index (κ3) is 5.50. The normalized spacial score (nSPS) is 14.4. The van der Waals surface area contributed by atoms with Crippen LogP contribution in [0, 0.1) is 13.8 Å². The maximum atomic E-state index is 12.6. The number of benzene rings is 2. The van der Waals surface area contributed by atoms with Crippen LogP contribution in [-0.2, 0) is 4.74 Å². The molecule has 3 heterocycles. The fourth-order valence-corrected chi connectivity index (χ4v) is 5.56. The number of aromatic nitrogens is 2. The molecule has 1 aliphatic heterocycles. The number of esters is 1. The Labute approximate surface area is 221 Å². The van der Waals surface area contributed by atoms with E-state index in [9.17, 15) is 4.79 Å². The molecule has 4 aromatic rings. The van der Waals surface area contributed by atoms with Crippen LogP contribution in [0.4, 0.5) is 16.6 Å². The van der Waals surface area contributed by atoms with Gasteiger partial charge >= 0.3 is 5.97 Å². The van der Waals surface area contributed by atoms with Gasteiger partial charge in [0.2, 0.25) is 0 Å². The van der Waals surface area contributed by atoms with Gasteiger partial charge in [-0.05, 0) is 37.1 Å². The van der Waals surface area contributed by atoms with E-state index in [1.54, 1.807) is 0 Å². The number of rotatable bonds is 7. The molecule has 1 fully saturated rings. The zero-order valence-electron chi connectivity index (χ0n) is 21.4. The average Bonchev–Trinajstić information content (AvgIpc) is 3.21. The summed E-state index contributed by atoms with van der Waals surface area (Å²) in [6.07, 6.45) is 4.40. The van der Waals surface area contributed by atoms with Crippen molar-refractivity contribution in [3.05, 3.63) is 82.2 Å². The van der Waals surface area contributed by atoms with Gasteiger partial charge in [-0.3, -0.25) is 4.90 Å². The predicted molar refractivity (Wildman–Crippen MR) is 152 cm³/mol. The van der Waals surface area contributed by atoms with Crippen LogP contribution in [0.15, 0.2) is 60.7 Å². The van der Waals surface area contributed by atoms with Gasteiger partial charge in [-0.15, -0.1) is 11.3 Å². The number of nitrogens with zero attached hydrogens (tertiary/aromatic N) is 4. The second-order valence-corrected chi connectivity index (χ2v) is 10.3. The first kappa shape index (κ1) is 24.9. The smallest absolute Gasteiger partial charge is 0.341 e. The van der Waals surface area contributed by atoms with Gasteiger partial charge in [-0.1, -0.05) is 54.6 Å². The monoisotopic (exact) mass is 513 g/mol. The first-order chi connectivity index (χ1) is 18.0. The molecule has 0 amide bonds. The van der Waals surface area contributed by atoms with Crippen molar-refractivity contribution in [1.82, 2.24) is 14.9 Å². The first-order valence-corrected chi connectivity index (χ1v) is 13.3. The molecular weight excluding hydrogens is 482 g/mol. The minimum atomic E-state index is -0.350. The molecule has 0 unspecified atom stereocenters. The lowest BCUT2D eigenvalue weighted by atomic mass is 10.1. The van der Waals surface area contributed by atoms with Crippen molar-refractivity contribution >= 4 is 51.1 Å². The van der Waals surface area contributed by atoms with E-state index in [-0.39, 0.29) is 5.97 Å². The number of aryl methyl sites for hydroxylation is 1. The number of methoxy groups -OCH3 is 1. The number of para-hydroxylation sites is 2. The highest BCUT2D eigenvalue weighted by Gasteiger charge is 2.25. The van der Waals surface area contributed by atoms with Gasteiger partial charge < -0.3 is 15.0 Å². The number of hydrogen-bond acceptors (Lipinski definition) is 8. The van der Waals surface area contributed by atoms with Crippen molar-refractivity contribution < 1.29 is 9.53 Å². The number of carbonyl (C=O) groups is 1. The summed E-state index contributed by atoms with van der Waals surface area (Å²) in [5.74, 6) is 1.11. The van der Waals surface area contributed by atoms with Crippen LogP contribution in [0.25, 0.3) is 17.1 Å². The van der Waals surface area contributed by atoms with Gasteiger partial charge in [0.1, 0.15) is 5.00 Å². The number of fused-ring (bicyclic) bond motifs is 1. The number of anilines is 3. The number of carbonyl (C=O) groups excluding carboxylic acids is 1. The van der Waals surface area contributed by atoms with Crippen molar-refractivity contribution in [3.63, 3.8) is 0 Å². The molecule has 1 aliphatic rings. The average molecular weight is 514 g/mol. The highest BCUT2D eigenvalue weighted by atomic mass is 32.1. The zero-order valence-corrected chi connectivity index (χ0v) is 22.2. The molecule has 7 nitrogen and oxygen atoms in total. The third-order valence-corrected chi connectivity index (χ3v) is 7.83. The van der Waals surface area contributed by atoms with E-state index < -0.39 is 0 Å². The second-order valence-electron chi connectivity index (χ2n) is 9.09. The molecule has 2 aromatic heterocycles. The van der Waals surface area contributed by atoms with E-state index >= 15 is 0 Å². The molecular formula is C29H31N5O2S. The van der Waals surface area contributed by atoms with Crippen molar-refractivity contribution in [2.45, 2.75) is 13.8 Å². The Kier molecular flexibility index (Phi) is 7.48. The Balaban J connectivity index is 1.37. The number of piperazine rings is 1. The van der Waals surface area contributed by atoms with Crippen LogP contribution in [-0.4, -0.2) is 60.7 Å². The summed E-state index contributed by atoms with van der Waals surface area (Å²) in [6.45, 7) is 8.40. The lowest BCUT2D eigenvalue weighted by Crippen LogP contribution is -2.46. The molecule has 1 saturated heterocycles. The van der Waals surface area contributed by atoms with Crippen LogP contribution in [0.1, 0.15) is 26.4 Å². The summed E-state index contributed by atoms with van der Waals surface area (Å²) < 4.78 is 5.07. The molecule has 0 spiro atoms. The molecule has 0 aliphatic carbocycles. The van der Waals surface area contributed by atoms with Crippen molar-refractivity contribution in [2.24, 2.45) is 0 Å². The van der Waals surface area contributed by atoms with Crippen molar-refractivity contribution in [2.75, 3.05) is 50.1 Å². The third-order valence-electron chi connectivity index (χ3n) is 6.70. The SMILES string of the molecule is COC(=O)c1c(Nc2nc3ccccc3nc2N2CCN(C/C=C/c3ccccc3)CC2)sc(C)c1C. The number of hydrogen-bond donors (Lipinski definition) is 1. The Bertz CT molecular complexity index is 1430. The minimum Gasteiger partial charge on any atom is -0.465 e. The van der Waals surface area contributed by atoms with Crippen molar-refractivity contribution in [3.8, 4) is 0 Å². The number of ether oxygens (including phenoxy) is 1. The first-order valence-electron chi connectivity index (χ1n) is 12.4. The van der Waals surface area contributed by atoms with Gasteiger partial charge in [-0.25, -0.2) is 14.8 Å². The van der Waals surface area contributed by atoms with Crippen LogP contribution < -0.4 is 10.2 Å². The van der Waals surface area contributed by atoms with E-state index in [2.05, 4.69) is 51.5 Å². The van der Waals surface area contributed by atoms with Gasteiger partial charge in [0.15, 0.2) is 11.6 Å². The Hall–Kier alpha value is -3.75. The summed E-state index contributed by atoms with van der Waals surface area (Å²) in [4.78, 5) is 28.3. The summed E-state index contributed by atoms with van der Waals surface area (Å²) in [5, 5.41) is 4.18. The fourth-order valence-electron chi connectivity index (χ4n) is 4.51. The van der Waals surface area contributed by atoms with E-state index in [0.29, 0.717) is 11.4 Å². The summed E-state index contributed by atoms with van der Waals surface area (Å²) in [5.41, 5.74) is 4.35. The zero-order chi connectivity index (χ0) is 25.8. The predicted octanol–water partition coefficient (Wildman–Crippen LogP) is 5.67. The topological polar surface area (TPSA) is 70.6 Å². The maximum absolute atomic E-state index is 12.6. The molecule has 2 aromatic carbocycles. The molecule has 190 valence electrons.